The summed E-state index contributed by atoms with van der Waals surface area (Å²) in [5, 5.41) is 0. The molecule has 0 saturated carbocycles. The van der Waals surface area contributed by atoms with Crippen molar-refractivity contribution >= 4 is 5.97 Å². The first-order valence-corrected chi connectivity index (χ1v) is 15.6. The van der Waals surface area contributed by atoms with Gasteiger partial charge in [-0.25, -0.2) is 0 Å². The Morgan fingerprint density at radius 1 is 0.605 bits per heavy atom. The van der Waals surface area contributed by atoms with Crippen LogP contribution in [-0.4, -0.2) is 39.5 Å². The third-order valence-electron chi connectivity index (χ3n) is 7.75. The summed E-state index contributed by atoms with van der Waals surface area (Å²) < 4.78 is 5.98. The Hall–Kier alpha value is -3.73. The molecular formula is C39H48N2O2. The van der Waals surface area contributed by atoms with Crippen LogP contribution in [0, 0.1) is 0 Å². The molecule has 0 saturated heterocycles. The molecule has 0 spiro atoms. The van der Waals surface area contributed by atoms with Gasteiger partial charge in [-0.15, -0.1) is 0 Å². The van der Waals surface area contributed by atoms with Crippen LogP contribution >= 0.6 is 0 Å². The Balaban J connectivity index is 1.83. The number of nitrogens with zero attached hydrogens (tertiary/aromatic N) is 2. The van der Waals surface area contributed by atoms with Crippen molar-refractivity contribution < 1.29 is 9.53 Å². The van der Waals surface area contributed by atoms with Gasteiger partial charge in [-0.3, -0.25) is 14.6 Å². The van der Waals surface area contributed by atoms with Crippen LogP contribution in [0.1, 0.15) is 63.3 Å². The van der Waals surface area contributed by atoms with Gasteiger partial charge in [-0.1, -0.05) is 121 Å². The highest BCUT2D eigenvalue weighted by atomic mass is 16.6. The van der Waals surface area contributed by atoms with Crippen LogP contribution in [0.3, 0.4) is 0 Å². The van der Waals surface area contributed by atoms with Crippen LogP contribution in [0.15, 0.2) is 121 Å². The fraction of sp³-hybridized carbons (Fsp3) is 0.359. The SMILES string of the molecule is CC(C)N(Cc1ccccc1)[C@@H](CC(=O)OC(C)(C)C)[C@H](Cc1ccccc1)N(Cc1ccccc1)Cc1ccccc1. The Kier molecular flexibility index (Phi) is 11.7. The molecule has 0 N–H and O–H groups in total. The van der Waals surface area contributed by atoms with Crippen molar-refractivity contribution in [3.05, 3.63) is 144 Å². The average molecular weight is 577 g/mol. The maximum atomic E-state index is 13.7. The van der Waals surface area contributed by atoms with Gasteiger partial charge < -0.3 is 4.74 Å². The molecule has 0 unspecified atom stereocenters. The molecule has 0 aliphatic heterocycles. The van der Waals surface area contributed by atoms with Crippen LogP contribution in [0.25, 0.3) is 0 Å². The minimum absolute atomic E-state index is 0.0291. The standard InChI is InChI=1S/C39H48N2O2/c1-31(2)41(30-35-24-16-9-17-25-35)37(27-38(42)43-39(3,4)5)36(26-32-18-10-6-11-19-32)40(28-33-20-12-7-13-21-33)29-34-22-14-8-15-23-34/h6-25,31,36-37H,26-30H2,1-5H3/t36-,37-/m0/s1. The van der Waals surface area contributed by atoms with Crippen LogP contribution in [-0.2, 0) is 35.6 Å². The van der Waals surface area contributed by atoms with Gasteiger partial charge in [0, 0.05) is 37.8 Å². The Morgan fingerprint density at radius 3 is 1.40 bits per heavy atom. The molecule has 4 aromatic rings. The third kappa shape index (κ3) is 10.5. The third-order valence-corrected chi connectivity index (χ3v) is 7.75. The normalized spacial score (nSPS) is 13.3. The maximum Gasteiger partial charge on any atom is 0.307 e. The molecule has 0 aliphatic carbocycles. The highest BCUT2D eigenvalue weighted by Gasteiger charge is 2.36. The predicted molar refractivity (Wildman–Crippen MR) is 177 cm³/mol. The maximum absolute atomic E-state index is 13.7. The highest BCUT2D eigenvalue weighted by Crippen LogP contribution is 2.28. The van der Waals surface area contributed by atoms with Crippen LogP contribution in [0.2, 0.25) is 0 Å². The van der Waals surface area contributed by atoms with E-state index >= 15 is 0 Å². The zero-order valence-electron chi connectivity index (χ0n) is 26.5. The summed E-state index contributed by atoms with van der Waals surface area (Å²) in [6.07, 6.45) is 1.12. The van der Waals surface area contributed by atoms with Crippen molar-refractivity contribution in [1.82, 2.24) is 9.80 Å². The number of ether oxygens (including phenoxy) is 1. The van der Waals surface area contributed by atoms with Crippen molar-refractivity contribution in [3.8, 4) is 0 Å². The molecule has 2 atom stereocenters. The first-order chi connectivity index (χ1) is 20.7. The second-order valence-electron chi connectivity index (χ2n) is 12.7. The van der Waals surface area contributed by atoms with Crippen molar-refractivity contribution in [2.45, 2.75) is 90.8 Å². The fourth-order valence-electron chi connectivity index (χ4n) is 5.80. The lowest BCUT2D eigenvalue weighted by atomic mass is 9.91. The Labute approximate surface area is 259 Å². The molecule has 0 amide bonds. The average Bonchev–Trinajstić information content (AvgIpc) is 2.98. The van der Waals surface area contributed by atoms with E-state index in [1.165, 1.54) is 22.3 Å². The zero-order valence-corrected chi connectivity index (χ0v) is 26.5. The minimum Gasteiger partial charge on any atom is -0.460 e. The van der Waals surface area contributed by atoms with E-state index in [1.807, 2.05) is 20.8 Å². The molecule has 0 bridgehead atoms. The van der Waals surface area contributed by atoms with Gasteiger partial charge >= 0.3 is 5.97 Å². The summed E-state index contributed by atoms with van der Waals surface area (Å²) in [6.45, 7) is 12.6. The van der Waals surface area contributed by atoms with E-state index in [2.05, 4.69) is 145 Å². The lowest BCUT2D eigenvalue weighted by Crippen LogP contribution is -2.55. The quantitative estimate of drug-likeness (QED) is 0.141. The summed E-state index contributed by atoms with van der Waals surface area (Å²) in [7, 11) is 0. The number of benzene rings is 4. The van der Waals surface area contributed by atoms with E-state index in [1.54, 1.807) is 0 Å². The van der Waals surface area contributed by atoms with Crippen molar-refractivity contribution in [3.63, 3.8) is 0 Å². The first kappa shape index (κ1) is 32.2. The fourth-order valence-corrected chi connectivity index (χ4v) is 5.80. The lowest BCUT2D eigenvalue weighted by molar-refractivity contribution is -0.157. The topological polar surface area (TPSA) is 32.8 Å². The monoisotopic (exact) mass is 576 g/mol. The number of hydrogen-bond acceptors (Lipinski definition) is 4. The van der Waals surface area contributed by atoms with Crippen LogP contribution < -0.4 is 0 Å². The molecule has 0 radical (unpaired) electrons. The van der Waals surface area contributed by atoms with Crippen LogP contribution in [0.5, 0.6) is 0 Å². The van der Waals surface area contributed by atoms with Gasteiger partial charge in [0.15, 0.2) is 0 Å². The molecule has 4 heteroatoms. The van der Waals surface area contributed by atoms with Crippen molar-refractivity contribution in [1.29, 1.82) is 0 Å². The largest absolute Gasteiger partial charge is 0.460 e. The molecule has 4 rings (SSSR count). The highest BCUT2D eigenvalue weighted by molar-refractivity contribution is 5.70. The van der Waals surface area contributed by atoms with Gasteiger partial charge in [0.05, 0.1) is 6.42 Å². The zero-order chi connectivity index (χ0) is 30.7. The second-order valence-corrected chi connectivity index (χ2v) is 12.7. The number of esters is 1. The predicted octanol–water partition coefficient (Wildman–Crippen LogP) is 8.31. The van der Waals surface area contributed by atoms with Gasteiger partial charge in [-0.05, 0) is 63.3 Å². The number of carbonyl (C=O) groups is 1. The van der Waals surface area contributed by atoms with Gasteiger partial charge in [-0.2, -0.15) is 0 Å². The van der Waals surface area contributed by atoms with E-state index in [4.69, 9.17) is 4.74 Å². The summed E-state index contributed by atoms with van der Waals surface area (Å²) in [6, 6.07) is 42.8. The lowest BCUT2D eigenvalue weighted by Gasteiger charge is -2.44. The van der Waals surface area contributed by atoms with E-state index < -0.39 is 5.60 Å². The van der Waals surface area contributed by atoms with Gasteiger partial charge in [0.25, 0.3) is 0 Å². The van der Waals surface area contributed by atoms with Gasteiger partial charge in [0.2, 0.25) is 0 Å². The minimum atomic E-state index is -0.549. The molecule has 0 aromatic heterocycles. The number of hydrogen-bond donors (Lipinski definition) is 0. The Morgan fingerprint density at radius 2 is 1.00 bits per heavy atom. The summed E-state index contributed by atoms with van der Waals surface area (Å²) in [4.78, 5) is 18.8. The second kappa shape index (κ2) is 15.7. The molecule has 43 heavy (non-hydrogen) atoms. The van der Waals surface area contributed by atoms with Gasteiger partial charge in [0.1, 0.15) is 5.60 Å². The smallest absolute Gasteiger partial charge is 0.307 e. The molecule has 4 nitrogen and oxygen atoms in total. The number of carbonyl (C=O) groups excluding carboxylic acids is 1. The van der Waals surface area contributed by atoms with Crippen molar-refractivity contribution in [2.24, 2.45) is 0 Å². The Bertz CT molecular complexity index is 1310. The summed E-state index contributed by atoms with van der Waals surface area (Å²) in [5.41, 5.74) is 4.46. The first-order valence-electron chi connectivity index (χ1n) is 15.6. The summed E-state index contributed by atoms with van der Waals surface area (Å²) in [5.74, 6) is -0.159. The van der Waals surface area contributed by atoms with E-state index in [0.29, 0.717) is 6.42 Å². The molecule has 226 valence electrons. The van der Waals surface area contributed by atoms with E-state index in [9.17, 15) is 4.79 Å². The van der Waals surface area contributed by atoms with Crippen LogP contribution in [0.4, 0.5) is 0 Å². The van der Waals surface area contributed by atoms with Crippen molar-refractivity contribution in [2.75, 3.05) is 0 Å². The number of rotatable bonds is 14. The van der Waals surface area contributed by atoms with E-state index in [0.717, 1.165) is 26.1 Å². The molecule has 0 heterocycles. The van der Waals surface area contributed by atoms with E-state index in [-0.39, 0.29) is 24.1 Å². The summed E-state index contributed by atoms with van der Waals surface area (Å²) >= 11 is 0. The molecule has 0 aliphatic rings. The molecule has 4 aromatic carbocycles. The molecule has 0 fully saturated rings. The molecular weight excluding hydrogens is 528 g/mol.